The third kappa shape index (κ3) is 4.92. The highest BCUT2D eigenvalue weighted by Gasteiger charge is 2.19. The molecule has 0 spiro atoms. The van der Waals surface area contributed by atoms with E-state index in [0.29, 0.717) is 12.3 Å². The molecule has 31 heavy (non-hydrogen) atoms. The van der Waals surface area contributed by atoms with Crippen LogP contribution in [0.2, 0.25) is 0 Å². The zero-order chi connectivity index (χ0) is 22.7. The molecule has 0 radical (unpaired) electrons. The minimum atomic E-state index is -0.779. The maximum absolute atomic E-state index is 13.6. The molecule has 1 unspecified atom stereocenters. The van der Waals surface area contributed by atoms with Crippen LogP contribution >= 0.6 is 0 Å². The number of aromatic nitrogens is 3. The Morgan fingerprint density at radius 1 is 1.29 bits per heavy atom. The lowest BCUT2D eigenvalue weighted by atomic mass is 10.00. The van der Waals surface area contributed by atoms with Gasteiger partial charge in [-0.1, -0.05) is 0 Å². The Balaban J connectivity index is 1.60. The predicted molar refractivity (Wildman–Crippen MR) is 112 cm³/mol. The molecule has 0 bridgehead atoms. The van der Waals surface area contributed by atoms with Crippen molar-refractivity contribution in [3.8, 4) is 11.6 Å². The van der Waals surface area contributed by atoms with E-state index in [-0.39, 0.29) is 30.7 Å². The standard InChI is InChI=1S/C22H26F2N4O3/c1-12(11-31-18-8-6-15(23)10-17(18)24)25-19(29)9-7-16-13(2)20-21(26-14(16)3)28(4)27-22(20)30-5/h6,8,10,12H,7,9,11H2,1-5H3,(H,25,29). The topological polar surface area (TPSA) is 78.3 Å². The number of benzene rings is 1. The number of ether oxygens (including phenoxy) is 2. The number of pyridine rings is 1. The quantitative estimate of drug-likeness (QED) is 0.590. The van der Waals surface area contributed by atoms with E-state index in [1.54, 1.807) is 18.7 Å². The molecule has 9 heteroatoms. The van der Waals surface area contributed by atoms with Gasteiger partial charge in [-0.15, -0.1) is 5.10 Å². The first-order chi connectivity index (χ1) is 14.7. The van der Waals surface area contributed by atoms with Crippen LogP contribution in [0.15, 0.2) is 18.2 Å². The lowest BCUT2D eigenvalue weighted by Crippen LogP contribution is -2.37. The van der Waals surface area contributed by atoms with E-state index in [4.69, 9.17) is 9.47 Å². The summed E-state index contributed by atoms with van der Waals surface area (Å²) in [6.07, 6.45) is 0.761. The first-order valence-electron chi connectivity index (χ1n) is 9.95. The van der Waals surface area contributed by atoms with Crippen molar-refractivity contribution in [1.82, 2.24) is 20.1 Å². The Bertz CT molecular complexity index is 1110. The number of methoxy groups -OCH3 is 1. The van der Waals surface area contributed by atoms with Crippen LogP contribution in [0.5, 0.6) is 11.6 Å². The molecule has 3 rings (SSSR count). The van der Waals surface area contributed by atoms with Gasteiger partial charge in [-0.2, -0.15) is 0 Å². The van der Waals surface area contributed by atoms with E-state index in [9.17, 15) is 13.6 Å². The smallest absolute Gasteiger partial charge is 0.242 e. The second kappa shape index (κ2) is 9.28. The Kier molecular flexibility index (Phi) is 6.72. The lowest BCUT2D eigenvalue weighted by Gasteiger charge is -2.16. The Morgan fingerprint density at radius 2 is 2.03 bits per heavy atom. The largest absolute Gasteiger partial charge is 0.488 e. The fraction of sp³-hybridized carbons (Fsp3) is 0.409. The number of halogens is 2. The van der Waals surface area contributed by atoms with Gasteiger partial charge in [-0.05, 0) is 50.5 Å². The van der Waals surface area contributed by atoms with E-state index < -0.39 is 11.6 Å². The second-order valence-corrected chi connectivity index (χ2v) is 7.49. The number of fused-ring (bicyclic) bond motifs is 1. The fourth-order valence-corrected chi connectivity index (χ4v) is 3.54. The van der Waals surface area contributed by atoms with Gasteiger partial charge in [-0.3, -0.25) is 4.79 Å². The summed E-state index contributed by atoms with van der Waals surface area (Å²) in [7, 11) is 3.38. The van der Waals surface area contributed by atoms with E-state index in [1.165, 1.54) is 6.07 Å². The Morgan fingerprint density at radius 3 is 2.71 bits per heavy atom. The third-order valence-electron chi connectivity index (χ3n) is 5.11. The summed E-state index contributed by atoms with van der Waals surface area (Å²) in [5, 5.41) is 8.01. The van der Waals surface area contributed by atoms with Gasteiger partial charge in [0.15, 0.2) is 17.2 Å². The highest BCUT2D eigenvalue weighted by atomic mass is 19.1. The molecular weight excluding hydrogens is 406 g/mol. The number of aryl methyl sites for hydroxylation is 3. The summed E-state index contributed by atoms with van der Waals surface area (Å²) in [4.78, 5) is 17.0. The summed E-state index contributed by atoms with van der Waals surface area (Å²) in [6.45, 7) is 5.70. The van der Waals surface area contributed by atoms with Gasteiger partial charge in [0, 0.05) is 25.2 Å². The fourth-order valence-electron chi connectivity index (χ4n) is 3.54. The highest BCUT2D eigenvalue weighted by Crippen LogP contribution is 2.30. The first-order valence-corrected chi connectivity index (χ1v) is 9.95. The maximum Gasteiger partial charge on any atom is 0.242 e. The van der Waals surface area contributed by atoms with Gasteiger partial charge in [-0.25, -0.2) is 18.4 Å². The van der Waals surface area contributed by atoms with Crippen LogP contribution in [0.1, 0.15) is 30.2 Å². The molecular formula is C22H26F2N4O3. The number of nitrogens with one attached hydrogen (secondary N) is 1. The number of hydrogen-bond acceptors (Lipinski definition) is 5. The van der Waals surface area contributed by atoms with Gasteiger partial charge in [0.1, 0.15) is 12.4 Å². The van der Waals surface area contributed by atoms with Gasteiger partial charge in [0.25, 0.3) is 0 Å². The van der Waals surface area contributed by atoms with Crippen molar-refractivity contribution < 1.29 is 23.0 Å². The number of rotatable bonds is 8. The lowest BCUT2D eigenvalue weighted by molar-refractivity contribution is -0.121. The number of amides is 1. The zero-order valence-electron chi connectivity index (χ0n) is 18.3. The Labute approximate surface area is 179 Å². The molecule has 2 heterocycles. The minimum absolute atomic E-state index is 0.0569. The molecule has 166 valence electrons. The molecule has 1 atom stereocenters. The first kappa shape index (κ1) is 22.5. The number of nitrogens with zero attached hydrogens (tertiary/aromatic N) is 3. The normalized spacial score (nSPS) is 12.1. The van der Waals surface area contributed by atoms with Crippen molar-refractivity contribution in [3.05, 3.63) is 46.7 Å². The molecule has 0 saturated carbocycles. The van der Waals surface area contributed by atoms with E-state index in [1.807, 2.05) is 20.9 Å². The molecule has 0 aliphatic carbocycles. The summed E-state index contributed by atoms with van der Waals surface area (Å²) >= 11 is 0. The van der Waals surface area contributed by atoms with E-state index in [0.717, 1.165) is 40.0 Å². The van der Waals surface area contributed by atoms with Crippen molar-refractivity contribution >= 4 is 16.9 Å². The van der Waals surface area contributed by atoms with Crippen LogP contribution in [0.25, 0.3) is 11.0 Å². The van der Waals surface area contributed by atoms with Crippen LogP contribution in [0.4, 0.5) is 8.78 Å². The SMILES string of the molecule is COc1nn(C)c2nc(C)c(CCC(=O)NC(C)COc3ccc(F)cc3F)c(C)c12. The molecule has 0 saturated heterocycles. The maximum atomic E-state index is 13.6. The predicted octanol–water partition coefficient (Wildman–Crippen LogP) is 3.39. The summed E-state index contributed by atoms with van der Waals surface area (Å²) in [5.41, 5.74) is 3.54. The van der Waals surface area contributed by atoms with Gasteiger partial charge in [0.05, 0.1) is 18.5 Å². The number of carbonyl (C=O) groups is 1. The molecule has 0 aliphatic heterocycles. The molecule has 0 fully saturated rings. The second-order valence-electron chi connectivity index (χ2n) is 7.49. The molecule has 1 N–H and O–H groups in total. The molecule has 0 aliphatic rings. The molecule has 1 amide bonds. The zero-order valence-corrected chi connectivity index (χ0v) is 18.3. The van der Waals surface area contributed by atoms with Crippen molar-refractivity contribution in [3.63, 3.8) is 0 Å². The van der Waals surface area contributed by atoms with Crippen LogP contribution < -0.4 is 14.8 Å². The Hall–Kier alpha value is -3.23. The highest BCUT2D eigenvalue weighted by molar-refractivity contribution is 5.86. The molecule has 3 aromatic rings. The van der Waals surface area contributed by atoms with Crippen LogP contribution in [-0.4, -0.2) is 40.4 Å². The average Bonchev–Trinajstić information content (AvgIpc) is 3.02. The average molecular weight is 432 g/mol. The summed E-state index contributed by atoms with van der Waals surface area (Å²) < 4.78 is 39.0. The van der Waals surface area contributed by atoms with Crippen molar-refractivity contribution in [2.45, 2.75) is 39.7 Å². The molecule has 1 aromatic carbocycles. The van der Waals surface area contributed by atoms with Gasteiger partial charge >= 0.3 is 0 Å². The van der Waals surface area contributed by atoms with Crippen molar-refractivity contribution in [1.29, 1.82) is 0 Å². The van der Waals surface area contributed by atoms with Crippen LogP contribution in [0, 0.1) is 25.5 Å². The van der Waals surface area contributed by atoms with Crippen LogP contribution in [-0.2, 0) is 18.3 Å². The summed E-state index contributed by atoms with van der Waals surface area (Å²) in [6, 6.07) is 2.75. The minimum Gasteiger partial charge on any atom is -0.488 e. The molecule has 7 nitrogen and oxygen atoms in total. The van der Waals surface area contributed by atoms with Crippen molar-refractivity contribution in [2.75, 3.05) is 13.7 Å². The van der Waals surface area contributed by atoms with Crippen LogP contribution in [0.3, 0.4) is 0 Å². The van der Waals surface area contributed by atoms with Crippen molar-refractivity contribution in [2.24, 2.45) is 7.05 Å². The number of hydrogen-bond donors (Lipinski definition) is 1. The van der Waals surface area contributed by atoms with Gasteiger partial charge in [0.2, 0.25) is 11.8 Å². The van der Waals surface area contributed by atoms with E-state index in [2.05, 4.69) is 15.4 Å². The monoisotopic (exact) mass is 432 g/mol. The van der Waals surface area contributed by atoms with Gasteiger partial charge < -0.3 is 14.8 Å². The van der Waals surface area contributed by atoms with E-state index >= 15 is 0 Å². The third-order valence-corrected chi connectivity index (χ3v) is 5.11. The molecule has 2 aromatic heterocycles. The number of carbonyl (C=O) groups excluding carboxylic acids is 1. The summed E-state index contributed by atoms with van der Waals surface area (Å²) in [5.74, 6) is -1.16.